The van der Waals surface area contributed by atoms with Gasteiger partial charge in [0.25, 0.3) is 0 Å². The molecule has 2 saturated carbocycles. The Bertz CT molecular complexity index is 760. The van der Waals surface area contributed by atoms with Crippen molar-refractivity contribution in [3.05, 3.63) is 58.7 Å². The quantitative estimate of drug-likeness (QED) is 0.406. The molecular weight excluding hydrogens is 414 g/mol. The first-order chi connectivity index (χ1) is 15.1. The van der Waals surface area contributed by atoms with Gasteiger partial charge in [0, 0.05) is 23.5 Å². The Labute approximate surface area is 190 Å². The zero-order chi connectivity index (χ0) is 21.6. The van der Waals surface area contributed by atoms with Gasteiger partial charge in [-0.25, -0.2) is 8.78 Å². The molecule has 3 unspecified atom stereocenters. The summed E-state index contributed by atoms with van der Waals surface area (Å²) in [6.07, 6.45) is 15.3. The molecular formula is C27H35ClF2O. The van der Waals surface area contributed by atoms with Crippen LogP contribution in [0.5, 0.6) is 0 Å². The van der Waals surface area contributed by atoms with Gasteiger partial charge in [0.1, 0.15) is 5.83 Å². The number of rotatable bonds is 7. The number of hydrogen-bond donors (Lipinski definition) is 0. The highest BCUT2D eigenvalue weighted by Gasteiger charge is 2.41. The second-order valence-corrected chi connectivity index (χ2v) is 10.2. The maximum atomic E-state index is 15.4. The molecule has 2 fully saturated rings. The highest BCUT2D eigenvalue weighted by atomic mass is 35.5. The molecule has 3 atom stereocenters. The zero-order valence-corrected chi connectivity index (χ0v) is 19.1. The van der Waals surface area contributed by atoms with Gasteiger partial charge in [0.2, 0.25) is 0 Å². The largest absolute Gasteiger partial charge is 0.381 e. The van der Waals surface area contributed by atoms with Crippen LogP contribution in [0.15, 0.2) is 48.1 Å². The molecule has 0 heterocycles. The lowest BCUT2D eigenvalue weighted by atomic mass is 9.67. The molecule has 1 aromatic rings. The van der Waals surface area contributed by atoms with Crippen LogP contribution < -0.4 is 0 Å². The van der Waals surface area contributed by atoms with Gasteiger partial charge in [-0.1, -0.05) is 81.2 Å². The van der Waals surface area contributed by atoms with Gasteiger partial charge < -0.3 is 4.74 Å². The van der Waals surface area contributed by atoms with E-state index in [-0.39, 0.29) is 11.8 Å². The van der Waals surface area contributed by atoms with Gasteiger partial charge in [-0.3, -0.25) is 0 Å². The first-order valence-electron chi connectivity index (χ1n) is 12.2. The lowest BCUT2D eigenvalue weighted by Crippen LogP contribution is -2.35. The van der Waals surface area contributed by atoms with Crippen LogP contribution in [0.4, 0.5) is 8.78 Å². The maximum Gasteiger partial charge on any atom is 0.154 e. The van der Waals surface area contributed by atoms with Gasteiger partial charge in [-0.05, 0) is 54.4 Å². The zero-order valence-electron chi connectivity index (χ0n) is 18.4. The van der Waals surface area contributed by atoms with Gasteiger partial charge in [0.15, 0.2) is 5.83 Å². The number of benzene rings is 1. The molecule has 0 amide bonds. The van der Waals surface area contributed by atoms with Crippen LogP contribution in [0.1, 0.15) is 75.7 Å². The van der Waals surface area contributed by atoms with Gasteiger partial charge in [-0.2, -0.15) is 0 Å². The summed E-state index contributed by atoms with van der Waals surface area (Å²) < 4.78 is 36.2. The molecule has 1 nitrogen and oxygen atoms in total. The van der Waals surface area contributed by atoms with E-state index in [0.29, 0.717) is 23.5 Å². The molecule has 3 aliphatic rings. The van der Waals surface area contributed by atoms with Crippen molar-refractivity contribution in [2.45, 2.75) is 70.1 Å². The SMILES string of the molecule is FC1=C(F)C(C(COCC2CCCCC2)C2CCCCC2)C(c2ccc(Cl)cc2)C=C1. The summed E-state index contributed by atoms with van der Waals surface area (Å²) in [5.74, 6) is -1.04. The van der Waals surface area contributed by atoms with E-state index in [4.69, 9.17) is 16.3 Å². The molecule has 0 radical (unpaired) electrons. The minimum atomic E-state index is -0.719. The molecule has 170 valence electrons. The summed E-state index contributed by atoms with van der Waals surface area (Å²) in [6.45, 7) is 1.27. The first-order valence-corrected chi connectivity index (χ1v) is 12.6. The number of halogens is 3. The summed E-state index contributed by atoms with van der Waals surface area (Å²) in [4.78, 5) is 0. The Morgan fingerprint density at radius 3 is 2.23 bits per heavy atom. The maximum absolute atomic E-state index is 15.4. The monoisotopic (exact) mass is 448 g/mol. The first kappa shape index (κ1) is 23.0. The van der Waals surface area contributed by atoms with Gasteiger partial charge in [-0.15, -0.1) is 0 Å². The summed E-state index contributed by atoms with van der Waals surface area (Å²) in [5.41, 5.74) is 0.987. The smallest absolute Gasteiger partial charge is 0.154 e. The van der Waals surface area contributed by atoms with Crippen molar-refractivity contribution < 1.29 is 13.5 Å². The lowest BCUT2D eigenvalue weighted by Gasteiger charge is -2.39. The fourth-order valence-electron chi connectivity index (χ4n) is 5.98. The summed E-state index contributed by atoms with van der Waals surface area (Å²) in [7, 11) is 0. The average molecular weight is 449 g/mol. The Morgan fingerprint density at radius 2 is 1.55 bits per heavy atom. The summed E-state index contributed by atoms with van der Waals surface area (Å²) >= 11 is 6.08. The molecule has 0 aliphatic heterocycles. The molecule has 0 spiro atoms. The predicted octanol–water partition coefficient (Wildman–Crippen LogP) is 8.55. The average Bonchev–Trinajstić information content (AvgIpc) is 2.81. The molecule has 0 bridgehead atoms. The van der Waals surface area contributed by atoms with Crippen molar-refractivity contribution in [1.82, 2.24) is 0 Å². The molecule has 4 rings (SSSR count). The van der Waals surface area contributed by atoms with Crippen molar-refractivity contribution in [2.24, 2.45) is 23.7 Å². The fraction of sp³-hybridized carbons (Fsp3) is 0.630. The van der Waals surface area contributed by atoms with E-state index in [2.05, 4.69) is 0 Å². The summed E-state index contributed by atoms with van der Waals surface area (Å²) in [6, 6.07) is 7.57. The predicted molar refractivity (Wildman–Crippen MR) is 124 cm³/mol. The lowest BCUT2D eigenvalue weighted by molar-refractivity contribution is 0.0149. The third-order valence-corrected chi connectivity index (χ3v) is 7.97. The standard InChI is InChI=1S/C27H35ClF2O/c28-22-13-11-21(12-14-22)23-15-16-25(29)27(30)26(23)24(20-9-5-2-6-10-20)18-31-17-19-7-3-1-4-8-19/h11-16,19-20,23-24,26H,1-10,17-18H2. The van der Waals surface area contributed by atoms with Crippen LogP contribution >= 0.6 is 11.6 Å². The Kier molecular flexibility index (Phi) is 8.23. The molecule has 0 saturated heterocycles. The van der Waals surface area contributed by atoms with Crippen molar-refractivity contribution in [1.29, 1.82) is 0 Å². The van der Waals surface area contributed by atoms with E-state index in [9.17, 15) is 4.39 Å². The number of hydrogen-bond acceptors (Lipinski definition) is 1. The normalized spacial score (nSPS) is 26.9. The third kappa shape index (κ3) is 5.79. The fourth-order valence-corrected chi connectivity index (χ4v) is 6.11. The van der Waals surface area contributed by atoms with Crippen LogP contribution in [-0.4, -0.2) is 13.2 Å². The highest BCUT2D eigenvalue weighted by Crippen LogP contribution is 2.47. The Morgan fingerprint density at radius 1 is 0.903 bits per heavy atom. The molecule has 4 heteroatoms. The molecule has 0 N–H and O–H groups in total. The van der Waals surface area contributed by atoms with Gasteiger partial charge >= 0.3 is 0 Å². The number of allylic oxidation sites excluding steroid dienone is 4. The number of ether oxygens (including phenoxy) is 1. The minimum absolute atomic E-state index is 0.0136. The highest BCUT2D eigenvalue weighted by molar-refractivity contribution is 6.30. The Balaban J connectivity index is 1.56. The molecule has 3 aliphatic carbocycles. The van der Waals surface area contributed by atoms with Crippen molar-refractivity contribution in [3.8, 4) is 0 Å². The summed E-state index contributed by atoms with van der Waals surface area (Å²) in [5, 5.41) is 0.655. The van der Waals surface area contributed by atoms with Crippen molar-refractivity contribution in [3.63, 3.8) is 0 Å². The van der Waals surface area contributed by atoms with Gasteiger partial charge in [0.05, 0.1) is 6.61 Å². The topological polar surface area (TPSA) is 9.23 Å². The molecule has 0 aromatic heterocycles. The van der Waals surface area contributed by atoms with E-state index < -0.39 is 17.6 Å². The second-order valence-electron chi connectivity index (χ2n) is 9.76. The Hall–Kier alpha value is -1.19. The minimum Gasteiger partial charge on any atom is -0.381 e. The third-order valence-electron chi connectivity index (χ3n) is 7.72. The van der Waals surface area contributed by atoms with Crippen LogP contribution in [-0.2, 0) is 4.74 Å². The van der Waals surface area contributed by atoms with Crippen LogP contribution in [0.2, 0.25) is 5.02 Å². The van der Waals surface area contributed by atoms with Crippen LogP contribution in [0.3, 0.4) is 0 Å². The second kappa shape index (κ2) is 11.1. The van der Waals surface area contributed by atoms with E-state index in [1.54, 1.807) is 0 Å². The van der Waals surface area contributed by atoms with Crippen LogP contribution in [0, 0.1) is 23.7 Å². The van der Waals surface area contributed by atoms with Crippen molar-refractivity contribution in [2.75, 3.05) is 13.2 Å². The van der Waals surface area contributed by atoms with E-state index in [1.807, 2.05) is 30.3 Å². The van der Waals surface area contributed by atoms with E-state index >= 15 is 4.39 Å². The van der Waals surface area contributed by atoms with Crippen molar-refractivity contribution >= 4 is 11.6 Å². The van der Waals surface area contributed by atoms with E-state index in [1.165, 1.54) is 57.4 Å². The molecule has 31 heavy (non-hydrogen) atoms. The molecule has 1 aromatic carbocycles. The van der Waals surface area contributed by atoms with Crippen LogP contribution in [0.25, 0.3) is 0 Å². The van der Waals surface area contributed by atoms with E-state index in [0.717, 1.165) is 25.0 Å².